The van der Waals surface area contributed by atoms with E-state index in [2.05, 4.69) is 0 Å². The number of aliphatic hydroxyl groups excluding tert-OH is 1. The molecule has 0 saturated heterocycles. The van der Waals surface area contributed by atoms with Crippen molar-refractivity contribution in [1.29, 1.82) is 0 Å². The smallest absolute Gasteiger partial charge is 0.274 e. The van der Waals surface area contributed by atoms with Gasteiger partial charge >= 0.3 is 0 Å². The number of nitrogens with zero attached hydrogens (tertiary/aromatic N) is 2. The Labute approximate surface area is 46.9 Å². The van der Waals surface area contributed by atoms with Gasteiger partial charge in [0.2, 0.25) is 0 Å². The molecule has 0 aliphatic carbocycles. The van der Waals surface area contributed by atoms with E-state index in [1.54, 1.807) is 0 Å². The predicted molar refractivity (Wildman–Crippen MR) is 25.4 cm³/mol. The average Bonchev–Trinajstić information content (AvgIpc) is 1.67. The van der Waals surface area contributed by atoms with E-state index in [1.165, 1.54) is 0 Å². The fourth-order valence-electron chi connectivity index (χ4n) is 0.156. The van der Waals surface area contributed by atoms with Crippen molar-refractivity contribution in [2.75, 3.05) is 12.4 Å². The standard InChI is InChI=1S/C2H5N2O3S/c3-4-8(6,7)2-1-5/h5H,1-2H2. The fourth-order valence-corrected chi connectivity index (χ4v) is 0.469. The second-order valence-electron chi connectivity index (χ2n) is 1.09. The maximum Gasteiger partial charge on any atom is 0.274 e. The summed E-state index contributed by atoms with van der Waals surface area (Å²) in [6, 6.07) is 0. The maximum absolute atomic E-state index is 10.0. The van der Waals surface area contributed by atoms with E-state index >= 15 is 0 Å². The minimum atomic E-state index is -3.74. The summed E-state index contributed by atoms with van der Waals surface area (Å²) in [6.07, 6.45) is 0. The average molecular weight is 137 g/mol. The molecule has 0 heterocycles. The molecule has 5 nitrogen and oxygen atoms in total. The van der Waals surface area contributed by atoms with Crippen LogP contribution >= 0.6 is 0 Å². The molecule has 47 valence electrons. The van der Waals surface area contributed by atoms with Crippen molar-refractivity contribution in [3.8, 4) is 0 Å². The molecule has 0 saturated carbocycles. The van der Waals surface area contributed by atoms with Crippen molar-refractivity contribution in [1.82, 2.24) is 5.53 Å². The van der Waals surface area contributed by atoms with E-state index < -0.39 is 22.4 Å². The van der Waals surface area contributed by atoms with Crippen molar-refractivity contribution in [2.24, 2.45) is 4.52 Å². The van der Waals surface area contributed by atoms with E-state index in [0.717, 1.165) is 0 Å². The Kier molecular flexibility index (Phi) is 2.56. The second kappa shape index (κ2) is 2.73. The van der Waals surface area contributed by atoms with Crippen LogP contribution in [-0.4, -0.2) is 25.9 Å². The molecule has 0 aliphatic rings. The van der Waals surface area contributed by atoms with E-state index in [-0.39, 0.29) is 0 Å². The third-order valence-corrected chi connectivity index (χ3v) is 1.42. The number of hydrogen-bond donors (Lipinski definition) is 1. The van der Waals surface area contributed by atoms with Gasteiger partial charge in [0.25, 0.3) is 10.0 Å². The summed E-state index contributed by atoms with van der Waals surface area (Å²) in [7, 11) is -3.74. The topological polar surface area (TPSA) is 89.0 Å². The highest BCUT2D eigenvalue weighted by Crippen LogP contribution is 1.85. The Bertz CT molecular complexity index is 160. The summed E-state index contributed by atoms with van der Waals surface area (Å²) < 4.78 is 22.1. The lowest BCUT2D eigenvalue weighted by molar-refractivity contribution is 0.319. The van der Waals surface area contributed by atoms with Crippen LogP contribution in [0.4, 0.5) is 0 Å². The van der Waals surface area contributed by atoms with Crippen LogP contribution in [-0.2, 0) is 10.0 Å². The molecule has 0 aromatic carbocycles. The van der Waals surface area contributed by atoms with Gasteiger partial charge in [0.1, 0.15) is 0 Å². The lowest BCUT2D eigenvalue weighted by Gasteiger charge is -1.85. The first-order valence-electron chi connectivity index (χ1n) is 1.82. The molecule has 0 amide bonds. The third-order valence-electron chi connectivity index (χ3n) is 0.474. The van der Waals surface area contributed by atoms with E-state index in [4.69, 9.17) is 10.6 Å². The van der Waals surface area contributed by atoms with Gasteiger partial charge in [0.15, 0.2) is 0 Å². The highest BCUT2D eigenvalue weighted by molar-refractivity contribution is 7.89. The molecule has 0 unspecified atom stereocenters. The summed E-state index contributed by atoms with van der Waals surface area (Å²) >= 11 is 0. The van der Waals surface area contributed by atoms with Crippen LogP contribution in [0.25, 0.3) is 0 Å². The van der Waals surface area contributed by atoms with Gasteiger partial charge in [0, 0.05) is 0 Å². The first-order chi connectivity index (χ1) is 3.62. The first kappa shape index (κ1) is 7.51. The normalized spacial score (nSPS) is 11.1. The predicted octanol–water partition coefficient (Wildman–Crippen LogP) is -1.44. The maximum atomic E-state index is 10.0. The Morgan fingerprint density at radius 2 is 2.12 bits per heavy atom. The second-order valence-corrected chi connectivity index (χ2v) is 2.83. The molecule has 1 radical (unpaired) electrons. The molecule has 0 aliphatic heterocycles. The summed E-state index contributed by atoms with van der Waals surface area (Å²) in [5.41, 5.74) is 7.65. The Balaban J connectivity index is 3.95. The Morgan fingerprint density at radius 1 is 1.62 bits per heavy atom. The molecular weight excluding hydrogens is 132 g/mol. The van der Waals surface area contributed by atoms with E-state index in [1.807, 2.05) is 4.52 Å². The van der Waals surface area contributed by atoms with Gasteiger partial charge in [-0.2, -0.15) is 0 Å². The van der Waals surface area contributed by atoms with Gasteiger partial charge in [-0.25, -0.2) is 8.42 Å². The van der Waals surface area contributed by atoms with Gasteiger partial charge in [0.05, 0.1) is 12.4 Å². The molecule has 0 fully saturated rings. The monoisotopic (exact) mass is 137 g/mol. The zero-order valence-corrected chi connectivity index (χ0v) is 4.80. The van der Waals surface area contributed by atoms with Crippen LogP contribution < -0.4 is 5.53 Å². The van der Waals surface area contributed by atoms with Gasteiger partial charge in [-0.05, 0) is 10.1 Å². The summed E-state index contributed by atoms with van der Waals surface area (Å²) in [5.74, 6) is -0.524. The zero-order valence-electron chi connectivity index (χ0n) is 3.98. The van der Waals surface area contributed by atoms with Crippen molar-refractivity contribution < 1.29 is 13.5 Å². The molecule has 1 N–H and O–H groups in total. The van der Waals surface area contributed by atoms with Crippen LogP contribution in [0.15, 0.2) is 4.52 Å². The third kappa shape index (κ3) is 2.64. The van der Waals surface area contributed by atoms with Crippen LogP contribution in [0.2, 0.25) is 0 Å². The number of aliphatic hydroxyl groups is 1. The summed E-state index contributed by atoms with van der Waals surface area (Å²) in [5, 5.41) is 7.98. The molecule has 0 rings (SSSR count). The van der Waals surface area contributed by atoms with Crippen molar-refractivity contribution in [2.45, 2.75) is 0 Å². The fraction of sp³-hybridized carbons (Fsp3) is 1.00. The van der Waals surface area contributed by atoms with E-state index in [9.17, 15) is 8.42 Å². The van der Waals surface area contributed by atoms with Gasteiger partial charge in [-0.15, -0.1) is 0 Å². The van der Waals surface area contributed by atoms with Crippen LogP contribution in [0.3, 0.4) is 0 Å². The van der Waals surface area contributed by atoms with Crippen molar-refractivity contribution in [3.63, 3.8) is 0 Å². The lowest BCUT2D eigenvalue weighted by Crippen LogP contribution is -2.05. The molecule has 0 aromatic heterocycles. The first-order valence-corrected chi connectivity index (χ1v) is 3.43. The molecule has 0 aromatic rings. The Morgan fingerprint density at radius 3 is 2.25 bits per heavy atom. The highest BCUT2D eigenvalue weighted by atomic mass is 32.2. The molecule has 0 spiro atoms. The molecule has 0 bridgehead atoms. The molecule has 8 heavy (non-hydrogen) atoms. The molecule has 6 heteroatoms. The number of sulfonamides is 1. The number of rotatable bonds is 3. The highest BCUT2D eigenvalue weighted by Gasteiger charge is 2.04. The van der Waals surface area contributed by atoms with Gasteiger partial charge < -0.3 is 5.11 Å². The van der Waals surface area contributed by atoms with Crippen LogP contribution in [0.5, 0.6) is 0 Å². The lowest BCUT2D eigenvalue weighted by atomic mass is 10.9. The van der Waals surface area contributed by atoms with Crippen LogP contribution in [0.1, 0.15) is 0 Å². The Hall–Kier alpha value is -0.490. The minimum Gasteiger partial charge on any atom is -0.395 e. The quantitative estimate of drug-likeness (QED) is 0.483. The molecular formula is C2H5N2O3S. The van der Waals surface area contributed by atoms with Gasteiger partial charge in [-0.3, -0.25) is 0 Å². The van der Waals surface area contributed by atoms with Crippen LogP contribution in [0, 0.1) is 0 Å². The minimum absolute atomic E-state index is 0.521. The zero-order chi connectivity index (χ0) is 6.62. The van der Waals surface area contributed by atoms with Crippen molar-refractivity contribution >= 4 is 10.0 Å². The number of hydrogen-bond acceptors (Lipinski definition) is 3. The SMILES string of the molecule is [N]=NS(=O)(=O)CCO. The van der Waals surface area contributed by atoms with Gasteiger partial charge in [-0.1, -0.05) is 0 Å². The molecule has 0 atom stereocenters. The van der Waals surface area contributed by atoms with Crippen molar-refractivity contribution in [3.05, 3.63) is 0 Å². The van der Waals surface area contributed by atoms with E-state index in [0.29, 0.717) is 0 Å². The largest absolute Gasteiger partial charge is 0.395 e. The summed E-state index contributed by atoms with van der Waals surface area (Å²) in [4.78, 5) is 0. The summed E-state index contributed by atoms with van der Waals surface area (Å²) in [6.45, 7) is -0.521.